The molecular weight excluding hydrogens is 558 g/mol. The topological polar surface area (TPSA) is 154 Å². The van der Waals surface area contributed by atoms with Crippen molar-refractivity contribution in [3.63, 3.8) is 0 Å². The zero-order valence-corrected chi connectivity index (χ0v) is 24.8. The molecule has 2 amide bonds. The molecule has 1 aromatic carbocycles. The summed E-state index contributed by atoms with van der Waals surface area (Å²) in [5, 5.41) is 4.17. The first kappa shape index (κ1) is 31.6. The van der Waals surface area contributed by atoms with Crippen LogP contribution in [0.25, 0.3) is 11.1 Å². The van der Waals surface area contributed by atoms with Crippen molar-refractivity contribution in [2.75, 3.05) is 45.4 Å². The van der Waals surface area contributed by atoms with E-state index in [9.17, 15) is 14.4 Å². The average molecular weight is 596 g/mol. The number of likely N-dealkylation sites (N-methyl/N-ethyl adjacent to an activating group) is 1. The summed E-state index contributed by atoms with van der Waals surface area (Å²) in [7, 11) is 1.62. The smallest absolute Gasteiger partial charge is 0.306 e. The number of nitrogens with one attached hydrogen (secondary N) is 2. The molecule has 43 heavy (non-hydrogen) atoms. The van der Waals surface area contributed by atoms with Gasteiger partial charge in [0.1, 0.15) is 35.2 Å². The molecule has 0 spiro atoms. The van der Waals surface area contributed by atoms with Crippen LogP contribution in [-0.4, -0.2) is 78.4 Å². The molecule has 0 saturated heterocycles. The lowest BCUT2D eigenvalue weighted by molar-refractivity contribution is -0.155. The molecule has 2 N–H and O–H groups in total. The summed E-state index contributed by atoms with van der Waals surface area (Å²) < 4.78 is 27.6. The number of carbonyl (C=O) groups is 3. The number of fused-ring (bicyclic) bond motifs is 1. The van der Waals surface area contributed by atoms with Crippen LogP contribution in [-0.2, 0) is 23.8 Å². The van der Waals surface area contributed by atoms with E-state index >= 15 is 0 Å². The van der Waals surface area contributed by atoms with Gasteiger partial charge in [0.15, 0.2) is 5.58 Å². The molecule has 3 aromatic rings. The van der Waals surface area contributed by atoms with Crippen molar-refractivity contribution in [1.82, 2.24) is 20.4 Å². The van der Waals surface area contributed by atoms with Gasteiger partial charge >= 0.3 is 5.97 Å². The number of hydrazine groups is 1. The van der Waals surface area contributed by atoms with Crippen LogP contribution in [0.5, 0.6) is 5.75 Å². The molecule has 3 heterocycles. The second-order valence-electron chi connectivity index (χ2n) is 10.7. The molecule has 13 heteroatoms. The van der Waals surface area contributed by atoms with Gasteiger partial charge in [-0.1, -0.05) is 6.08 Å². The third-order valence-corrected chi connectivity index (χ3v) is 5.95. The van der Waals surface area contributed by atoms with Crippen molar-refractivity contribution in [2.24, 2.45) is 0 Å². The fourth-order valence-corrected chi connectivity index (χ4v) is 3.95. The summed E-state index contributed by atoms with van der Waals surface area (Å²) in [5.41, 5.74) is 4.37. The molecule has 0 radical (unpaired) electrons. The number of nitrogens with zero attached hydrogens (tertiary/aromatic N) is 3. The van der Waals surface area contributed by atoms with Gasteiger partial charge in [-0.3, -0.25) is 19.4 Å². The number of carbonyl (C=O) groups excluding carboxylic acids is 3. The largest absolute Gasteiger partial charge is 0.490 e. The van der Waals surface area contributed by atoms with Crippen LogP contribution < -0.4 is 15.5 Å². The third kappa shape index (κ3) is 9.87. The number of esters is 1. The number of rotatable bonds is 14. The van der Waals surface area contributed by atoms with Crippen LogP contribution >= 0.6 is 0 Å². The molecule has 1 unspecified atom stereocenters. The Morgan fingerprint density at radius 2 is 1.84 bits per heavy atom. The molecule has 0 bridgehead atoms. The van der Waals surface area contributed by atoms with Gasteiger partial charge in [-0.25, -0.2) is 15.4 Å². The number of benzene rings is 1. The summed E-state index contributed by atoms with van der Waals surface area (Å²) in [5.74, 6) is 0.126. The quantitative estimate of drug-likeness (QED) is 0.208. The molecule has 13 nitrogen and oxygen atoms in total. The average Bonchev–Trinajstić information content (AvgIpc) is 3.38. The van der Waals surface area contributed by atoms with Gasteiger partial charge in [-0.05, 0) is 57.5 Å². The molecule has 4 rings (SSSR count). The maximum atomic E-state index is 12.7. The molecule has 0 fully saturated rings. The van der Waals surface area contributed by atoms with Crippen LogP contribution in [0.3, 0.4) is 0 Å². The van der Waals surface area contributed by atoms with E-state index in [0.29, 0.717) is 74.3 Å². The van der Waals surface area contributed by atoms with Crippen molar-refractivity contribution in [3.8, 4) is 5.75 Å². The first-order valence-electron chi connectivity index (χ1n) is 14.0. The van der Waals surface area contributed by atoms with E-state index in [1.165, 1.54) is 17.3 Å². The molecule has 1 aliphatic rings. The van der Waals surface area contributed by atoms with Crippen molar-refractivity contribution < 1.29 is 37.7 Å². The van der Waals surface area contributed by atoms with Crippen molar-refractivity contribution in [2.45, 2.75) is 45.3 Å². The highest BCUT2D eigenvalue weighted by atomic mass is 16.6. The van der Waals surface area contributed by atoms with Crippen LogP contribution in [0.1, 0.15) is 56.0 Å². The van der Waals surface area contributed by atoms with E-state index in [4.69, 9.17) is 23.4 Å². The van der Waals surface area contributed by atoms with Crippen LogP contribution in [0.4, 0.5) is 5.69 Å². The van der Waals surface area contributed by atoms with E-state index in [0.717, 1.165) is 0 Å². The Morgan fingerprint density at radius 1 is 1.07 bits per heavy atom. The van der Waals surface area contributed by atoms with Gasteiger partial charge in [-0.15, -0.1) is 0 Å². The number of pyridine rings is 1. The molecule has 0 aliphatic carbocycles. The van der Waals surface area contributed by atoms with Gasteiger partial charge in [0.2, 0.25) is 5.89 Å². The summed E-state index contributed by atoms with van der Waals surface area (Å²) in [4.78, 5) is 44.7. The Hall–Kier alpha value is -4.33. The molecule has 1 atom stereocenters. The molecule has 0 saturated carbocycles. The Kier molecular flexibility index (Phi) is 10.8. The summed E-state index contributed by atoms with van der Waals surface area (Å²) in [6.45, 7) is 7.46. The molecule has 1 aliphatic heterocycles. The monoisotopic (exact) mass is 595 g/mol. The Bertz CT molecular complexity index is 1430. The zero-order chi connectivity index (χ0) is 30.8. The van der Waals surface area contributed by atoms with Crippen LogP contribution in [0, 0.1) is 0 Å². The normalized spacial score (nSPS) is 15.1. The van der Waals surface area contributed by atoms with Gasteiger partial charge in [0.25, 0.3) is 11.8 Å². The number of anilines is 1. The minimum Gasteiger partial charge on any atom is -0.490 e. The van der Waals surface area contributed by atoms with E-state index in [2.05, 4.69) is 20.7 Å². The highest BCUT2D eigenvalue weighted by molar-refractivity contribution is 6.03. The van der Waals surface area contributed by atoms with E-state index in [-0.39, 0.29) is 29.5 Å². The predicted octanol–water partition coefficient (Wildman–Crippen LogP) is 3.58. The lowest BCUT2D eigenvalue weighted by Gasteiger charge is -2.24. The molecule has 230 valence electrons. The summed E-state index contributed by atoms with van der Waals surface area (Å²) >= 11 is 0. The van der Waals surface area contributed by atoms with Crippen molar-refractivity contribution >= 4 is 34.6 Å². The second-order valence-corrected chi connectivity index (χ2v) is 10.7. The predicted molar refractivity (Wildman–Crippen MR) is 156 cm³/mol. The first-order valence-corrected chi connectivity index (χ1v) is 14.0. The van der Waals surface area contributed by atoms with E-state index in [1.54, 1.807) is 43.5 Å². The lowest BCUT2D eigenvalue weighted by atomic mass is 10.2. The van der Waals surface area contributed by atoms with E-state index in [1.807, 2.05) is 20.8 Å². The fraction of sp³-hybridized carbons (Fsp3) is 0.433. The van der Waals surface area contributed by atoms with Crippen LogP contribution in [0.2, 0.25) is 0 Å². The van der Waals surface area contributed by atoms with Gasteiger partial charge in [0.05, 0.1) is 26.0 Å². The highest BCUT2D eigenvalue weighted by Crippen LogP contribution is 2.25. The highest BCUT2D eigenvalue weighted by Gasteiger charge is 2.23. The molecule has 2 aromatic heterocycles. The number of amides is 2. The first-order chi connectivity index (χ1) is 20.6. The fourth-order valence-electron chi connectivity index (χ4n) is 3.95. The maximum Gasteiger partial charge on any atom is 0.306 e. The number of hydrogen-bond acceptors (Lipinski definition) is 11. The minimum absolute atomic E-state index is 0.164. The maximum absolute atomic E-state index is 12.7. The third-order valence-electron chi connectivity index (χ3n) is 5.95. The lowest BCUT2D eigenvalue weighted by Crippen LogP contribution is -2.43. The second kappa shape index (κ2) is 14.7. The standard InChI is InChI=1S/C30H37N5O8/c1-30(2,3)43-27(37)6-5-13-39-14-15-40-16-17-41-21-8-9-22(31-19-21)28(38)32-20-7-11-25-24(18-20)33-29(42-25)23-10-12-26(36)35(4)34-23/h7-12,18-19,23,34H,5-6,13-17H2,1-4H3,(H,32,38). The number of ether oxygens (including phenoxy) is 4. The van der Waals surface area contributed by atoms with E-state index < -0.39 is 5.60 Å². The van der Waals surface area contributed by atoms with Crippen molar-refractivity contribution in [1.29, 1.82) is 0 Å². The van der Waals surface area contributed by atoms with Crippen LogP contribution in [0.15, 0.2) is 53.1 Å². The Morgan fingerprint density at radius 3 is 2.56 bits per heavy atom. The zero-order valence-electron chi connectivity index (χ0n) is 24.8. The van der Waals surface area contributed by atoms with Crippen molar-refractivity contribution in [3.05, 3.63) is 60.3 Å². The van der Waals surface area contributed by atoms with Gasteiger partial charge in [0, 0.05) is 31.8 Å². The number of oxazole rings is 1. The summed E-state index contributed by atoms with van der Waals surface area (Å²) in [6.07, 6.45) is 5.52. The SMILES string of the molecule is CN1NC(c2nc3cc(NC(=O)c4ccc(OCCOCCOCCCC(=O)OC(C)(C)C)cn4)ccc3o2)C=CC1=O. The molecular formula is C30H37N5O8. The summed E-state index contributed by atoms with van der Waals surface area (Å²) in [6, 6.07) is 7.98. The van der Waals surface area contributed by atoms with Gasteiger partial charge in [-0.2, -0.15) is 0 Å². The minimum atomic E-state index is -0.475. The number of hydrogen-bond donors (Lipinski definition) is 2. The Balaban J connectivity index is 1.13. The van der Waals surface area contributed by atoms with Gasteiger partial charge < -0.3 is 28.7 Å². The number of aromatic nitrogens is 2. The Labute approximate surface area is 249 Å².